The molecule has 0 heterocycles. The fourth-order valence-corrected chi connectivity index (χ4v) is 0.928. The van der Waals surface area contributed by atoms with Crippen LogP contribution in [0.3, 0.4) is 0 Å². The van der Waals surface area contributed by atoms with Crippen molar-refractivity contribution in [2.75, 3.05) is 6.61 Å². The van der Waals surface area contributed by atoms with Gasteiger partial charge in [0.05, 0.1) is 6.61 Å². The van der Waals surface area contributed by atoms with E-state index in [4.69, 9.17) is 4.84 Å². The molecular weight excluding hydrogens is 114 g/mol. The molecule has 0 spiro atoms. The van der Waals surface area contributed by atoms with E-state index >= 15 is 0 Å². The quantitative estimate of drug-likeness (QED) is 0.581. The highest BCUT2D eigenvalue weighted by atomic mass is 16.6. The molecule has 0 aromatic heterocycles. The average molecular weight is 127 g/mol. The fourth-order valence-electron chi connectivity index (χ4n) is 0.928. The fraction of sp³-hybridized carbons (Fsp3) is 0.714. The number of hydroxylamine groups is 1. The van der Waals surface area contributed by atoms with E-state index in [0.29, 0.717) is 0 Å². The van der Waals surface area contributed by atoms with Crippen LogP contribution in [0.4, 0.5) is 0 Å². The van der Waals surface area contributed by atoms with Crippen LogP contribution in [0, 0.1) is 0 Å². The average Bonchev–Trinajstić information content (AvgIpc) is 2.34. The van der Waals surface area contributed by atoms with E-state index in [0.717, 1.165) is 13.0 Å². The first-order valence-electron chi connectivity index (χ1n) is 3.50. The summed E-state index contributed by atoms with van der Waals surface area (Å²) in [6, 6.07) is 0. The van der Waals surface area contributed by atoms with Gasteiger partial charge in [0.2, 0.25) is 0 Å². The summed E-state index contributed by atoms with van der Waals surface area (Å²) in [7, 11) is 0. The van der Waals surface area contributed by atoms with Crippen molar-refractivity contribution in [1.29, 1.82) is 0 Å². The molecule has 2 heteroatoms. The molecule has 0 saturated carbocycles. The van der Waals surface area contributed by atoms with Crippen molar-refractivity contribution >= 4 is 0 Å². The minimum absolute atomic E-state index is 0.733. The molecule has 0 radical (unpaired) electrons. The van der Waals surface area contributed by atoms with E-state index in [1.165, 1.54) is 18.5 Å². The van der Waals surface area contributed by atoms with Crippen LogP contribution in [0.5, 0.6) is 0 Å². The van der Waals surface area contributed by atoms with E-state index in [1.807, 2.05) is 6.92 Å². The van der Waals surface area contributed by atoms with Crippen LogP contribution in [-0.2, 0) is 4.84 Å². The lowest BCUT2D eigenvalue weighted by atomic mass is 10.3. The molecule has 0 unspecified atom stereocenters. The Kier molecular flexibility index (Phi) is 2.58. The lowest BCUT2D eigenvalue weighted by molar-refractivity contribution is 0.0720. The van der Waals surface area contributed by atoms with Crippen LogP contribution in [-0.4, -0.2) is 6.61 Å². The zero-order valence-electron chi connectivity index (χ0n) is 5.81. The number of hydrogen-bond donors (Lipinski definition) is 1. The first-order chi connectivity index (χ1) is 4.43. The van der Waals surface area contributed by atoms with E-state index in [9.17, 15) is 0 Å². The molecule has 2 nitrogen and oxygen atoms in total. The van der Waals surface area contributed by atoms with Gasteiger partial charge in [-0.15, -0.1) is 0 Å². The van der Waals surface area contributed by atoms with E-state index in [2.05, 4.69) is 11.6 Å². The lowest BCUT2D eigenvalue weighted by Crippen LogP contribution is -2.11. The molecule has 0 amide bonds. The minimum atomic E-state index is 0.733. The van der Waals surface area contributed by atoms with E-state index in [-0.39, 0.29) is 0 Å². The third-order valence-corrected chi connectivity index (χ3v) is 1.39. The number of hydrogen-bond acceptors (Lipinski definition) is 2. The monoisotopic (exact) mass is 127 g/mol. The molecule has 0 aliphatic heterocycles. The first kappa shape index (κ1) is 6.62. The summed E-state index contributed by atoms with van der Waals surface area (Å²) >= 11 is 0. The Labute approximate surface area is 55.9 Å². The Morgan fingerprint density at radius 1 is 1.78 bits per heavy atom. The largest absolute Gasteiger partial charge is 0.277 e. The SMILES string of the molecule is CCONC1=CCCC1. The first-order valence-corrected chi connectivity index (χ1v) is 3.50. The number of allylic oxidation sites excluding steroid dienone is 2. The van der Waals surface area contributed by atoms with Crippen LogP contribution in [0.1, 0.15) is 26.2 Å². The summed E-state index contributed by atoms with van der Waals surface area (Å²) in [5.74, 6) is 0. The third-order valence-electron chi connectivity index (χ3n) is 1.39. The maximum Gasteiger partial charge on any atom is 0.0717 e. The molecule has 1 rings (SSSR count). The summed E-state index contributed by atoms with van der Waals surface area (Å²) in [5, 5.41) is 0. The highest BCUT2D eigenvalue weighted by Crippen LogP contribution is 2.13. The zero-order valence-corrected chi connectivity index (χ0v) is 5.81. The maximum atomic E-state index is 5.00. The van der Waals surface area contributed by atoms with Crippen LogP contribution < -0.4 is 5.48 Å². The van der Waals surface area contributed by atoms with Gasteiger partial charge in [0.25, 0.3) is 0 Å². The molecule has 1 N–H and O–H groups in total. The minimum Gasteiger partial charge on any atom is -0.277 e. The Bertz CT molecular complexity index is 109. The van der Waals surface area contributed by atoms with Crippen molar-refractivity contribution in [3.8, 4) is 0 Å². The van der Waals surface area contributed by atoms with Crippen LogP contribution >= 0.6 is 0 Å². The summed E-state index contributed by atoms with van der Waals surface area (Å²) in [4.78, 5) is 5.00. The summed E-state index contributed by atoms with van der Waals surface area (Å²) < 4.78 is 0. The molecule has 0 aromatic carbocycles. The second kappa shape index (κ2) is 3.51. The van der Waals surface area contributed by atoms with Gasteiger partial charge in [-0.1, -0.05) is 6.08 Å². The van der Waals surface area contributed by atoms with Crippen molar-refractivity contribution < 1.29 is 4.84 Å². The third kappa shape index (κ3) is 2.06. The van der Waals surface area contributed by atoms with E-state index < -0.39 is 0 Å². The molecule has 0 aromatic rings. The van der Waals surface area contributed by atoms with Crippen molar-refractivity contribution in [2.24, 2.45) is 0 Å². The van der Waals surface area contributed by atoms with Gasteiger partial charge >= 0.3 is 0 Å². The highest BCUT2D eigenvalue weighted by Gasteiger charge is 2.01. The van der Waals surface area contributed by atoms with Gasteiger partial charge in [-0.2, -0.15) is 0 Å². The summed E-state index contributed by atoms with van der Waals surface area (Å²) in [5.41, 5.74) is 4.14. The van der Waals surface area contributed by atoms with E-state index in [1.54, 1.807) is 0 Å². The zero-order chi connectivity index (χ0) is 6.53. The molecule has 9 heavy (non-hydrogen) atoms. The number of nitrogens with one attached hydrogen (secondary N) is 1. The van der Waals surface area contributed by atoms with Crippen LogP contribution in [0.2, 0.25) is 0 Å². The summed E-state index contributed by atoms with van der Waals surface area (Å²) in [6.07, 6.45) is 5.82. The molecule has 1 aliphatic carbocycles. The van der Waals surface area contributed by atoms with Crippen molar-refractivity contribution in [2.45, 2.75) is 26.2 Å². The van der Waals surface area contributed by atoms with Gasteiger partial charge in [-0.3, -0.25) is 10.3 Å². The summed E-state index contributed by atoms with van der Waals surface area (Å²) in [6.45, 7) is 2.71. The Hall–Kier alpha value is -0.500. The van der Waals surface area contributed by atoms with Gasteiger partial charge in [0, 0.05) is 5.70 Å². The topological polar surface area (TPSA) is 21.3 Å². The molecule has 0 bridgehead atoms. The predicted molar refractivity (Wildman–Crippen MR) is 36.7 cm³/mol. The van der Waals surface area contributed by atoms with Gasteiger partial charge in [-0.25, -0.2) is 0 Å². The smallest absolute Gasteiger partial charge is 0.0717 e. The second-order valence-corrected chi connectivity index (χ2v) is 2.16. The maximum absolute atomic E-state index is 5.00. The molecule has 0 atom stereocenters. The van der Waals surface area contributed by atoms with Gasteiger partial charge in [-0.05, 0) is 26.2 Å². The van der Waals surface area contributed by atoms with Crippen LogP contribution in [0.15, 0.2) is 11.8 Å². The molecule has 0 fully saturated rings. The van der Waals surface area contributed by atoms with Crippen LogP contribution in [0.25, 0.3) is 0 Å². The van der Waals surface area contributed by atoms with Gasteiger partial charge in [0.15, 0.2) is 0 Å². The standard InChI is InChI=1S/C7H13NO/c1-2-9-8-7-5-3-4-6-7/h5,8H,2-4,6H2,1H3. The number of rotatable bonds is 3. The van der Waals surface area contributed by atoms with Crippen molar-refractivity contribution in [3.63, 3.8) is 0 Å². The molecule has 1 aliphatic rings. The van der Waals surface area contributed by atoms with Gasteiger partial charge in [0.1, 0.15) is 0 Å². The molecule has 52 valence electrons. The normalized spacial score (nSPS) is 17.7. The highest BCUT2D eigenvalue weighted by molar-refractivity contribution is 5.02. The van der Waals surface area contributed by atoms with Crippen molar-refractivity contribution in [3.05, 3.63) is 11.8 Å². The van der Waals surface area contributed by atoms with Gasteiger partial charge < -0.3 is 0 Å². The Morgan fingerprint density at radius 2 is 2.67 bits per heavy atom. The molecular formula is C7H13NO. The lowest BCUT2D eigenvalue weighted by Gasteiger charge is -2.03. The van der Waals surface area contributed by atoms with Crippen molar-refractivity contribution in [1.82, 2.24) is 5.48 Å². The second-order valence-electron chi connectivity index (χ2n) is 2.16. The molecule has 0 saturated heterocycles. The predicted octanol–water partition coefficient (Wildman–Crippen LogP) is 1.60. The Morgan fingerprint density at radius 3 is 3.22 bits per heavy atom. The Balaban J connectivity index is 2.11.